The molecule has 1 aliphatic heterocycles. The summed E-state index contributed by atoms with van der Waals surface area (Å²) in [5.41, 5.74) is 2.49. The number of nitrogens with one attached hydrogen (secondary N) is 1. The number of piperidine rings is 1. The van der Waals surface area contributed by atoms with E-state index in [0.717, 1.165) is 45.4 Å². The van der Waals surface area contributed by atoms with Crippen LogP contribution in [0.5, 0.6) is 0 Å². The Labute approximate surface area is 173 Å². The molecular weight excluding hydrogens is 362 g/mol. The molecule has 154 valence electrons. The summed E-state index contributed by atoms with van der Waals surface area (Å²) >= 11 is 0. The number of benzene rings is 2. The van der Waals surface area contributed by atoms with Gasteiger partial charge in [-0.2, -0.15) is 0 Å². The smallest absolute Gasteiger partial charge is 0.234 e. The van der Waals surface area contributed by atoms with Gasteiger partial charge in [0, 0.05) is 39.1 Å². The highest BCUT2D eigenvalue weighted by Gasteiger charge is 2.22. The van der Waals surface area contributed by atoms with Crippen LogP contribution in [0.2, 0.25) is 0 Å². The SMILES string of the molecule is CC(=O)N1CCC(NC(=O)CN(CCc2ccccc2)Cc2ccccc2)CC1. The lowest BCUT2D eigenvalue weighted by atomic mass is 10.0. The fourth-order valence-electron chi connectivity index (χ4n) is 3.80. The summed E-state index contributed by atoms with van der Waals surface area (Å²) in [6.07, 6.45) is 2.57. The first kappa shape index (κ1) is 21.1. The quantitative estimate of drug-likeness (QED) is 0.750. The molecule has 1 saturated heterocycles. The first-order valence-electron chi connectivity index (χ1n) is 10.5. The Hall–Kier alpha value is -2.66. The molecular formula is C24H31N3O2. The van der Waals surface area contributed by atoms with E-state index in [-0.39, 0.29) is 17.9 Å². The first-order chi connectivity index (χ1) is 14.1. The van der Waals surface area contributed by atoms with Gasteiger partial charge in [0.1, 0.15) is 0 Å². The van der Waals surface area contributed by atoms with Crippen LogP contribution in [0.4, 0.5) is 0 Å². The fourth-order valence-corrected chi connectivity index (χ4v) is 3.80. The van der Waals surface area contributed by atoms with Crippen molar-refractivity contribution >= 4 is 11.8 Å². The predicted octanol–water partition coefficient (Wildman–Crippen LogP) is 2.86. The van der Waals surface area contributed by atoms with Crippen LogP contribution in [0.1, 0.15) is 30.9 Å². The zero-order chi connectivity index (χ0) is 20.5. The van der Waals surface area contributed by atoms with Gasteiger partial charge in [0.15, 0.2) is 0 Å². The zero-order valence-corrected chi connectivity index (χ0v) is 17.2. The highest BCUT2D eigenvalue weighted by Crippen LogP contribution is 2.11. The van der Waals surface area contributed by atoms with Crippen LogP contribution >= 0.6 is 0 Å². The third-order valence-electron chi connectivity index (χ3n) is 5.48. The van der Waals surface area contributed by atoms with E-state index in [1.807, 2.05) is 29.2 Å². The Morgan fingerprint density at radius 1 is 0.966 bits per heavy atom. The second kappa shape index (κ2) is 10.8. The molecule has 5 heteroatoms. The number of likely N-dealkylation sites (tertiary alicyclic amines) is 1. The molecule has 2 aromatic carbocycles. The molecule has 0 radical (unpaired) electrons. The van der Waals surface area contributed by atoms with E-state index in [1.54, 1.807) is 6.92 Å². The minimum atomic E-state index is 0.0651. The maximum atomic E-state index is 12.7. The summed E-state index contributed by atoms with van der Waals surface area (Å²) in [6.45, 7) is 5.02. The number of rotatable bonds is 8. The molecule has 3 rings (SSSR count). The van der Waals surface area contributed by atoms with Crippen molar-refractivity contribution in [3.8, 4) is 0 Å². The van der Waals surface area contributed by atoms with Crippen molar-refractivity contribution in [1.29, 1.82) is 0 Å². The van der Waals surface area contributed by atoms with Crippen LogP contribution in [0.3, 0.4) is 0 Å². The van der Waals surface area contributed by atoms with E-state index >= 15 is 0 Å². The maximum absolute atomic E-state index is 12.7. The minimum Gasteiger partial charge on any atom is -0.352 e. The standard InChI is InChI=1S/C24H31N3O2/c1-20(28)27-16-13-23(14-17-27)25-24(29)19-26(18-22-10-6-3-7-11-22)15-12-21-8-4-2-5-9-21/h2-11,23H,12-19H2,1H3,(H,25,29). The van der Waals surface area contributed by atoms with Crippen molar-refractivity contribution in [2.45, 2.75) is 38.8 Å². The third-order valence-corrected chi connectivity index (χ3v) is 5.48. The molecule has 1 fully saturated rings. The van der Waals surface area contributed by atoms with Crippen LogP contribution in [-0.2, 0) is 22.6 Å². The van der Waals surface area contributed by atoms with Gasteiger partial charge in [0.05, 0.1) is 6.54 Å². The number of carbonyl (C=O) groups excluding carboxylic acids is 2. The van der Waals surface area contributed by atoms with Crippen molar-refractivity contribution in [3.05, 3.63) is 71.8 Å². The predicted molar refractivity (Wildman–Crippen MR) is 115 cm³/mol. The largest absolute Gasteiger partial charge is 0.352 e. The molecule has 0 unspecified atom stereocenters. The van der Waals surface area contributed by atoms with Gasteiger partial charge in [-0.15, -0.1) is 0 Å². The molecule has 0 spiro atoms. The van der Waals surface area contributed by atoms with Gasteiger partial charge in [-0.3, -0.25) is 14.5 Å². The second-order valence-electron chi connectivity index (χ2n) is 7.78. The number of nitrogens with zero attached hydrogens (tertiary/aromatic N) is 2. The molecule has 2 aromatic rings. The molecule has 0 atom stereocenters. The second-order valence-corrected chi connectivity index (χ2v) is 7.78. The number of carbonyl (C=O) groups is 2. The zero-order valence-electron chi connectivity index (χ0n) is 17.2. The average molecular weight is 394 g/mol. The van der Waals surface area contributed by atoms with Crippen LogP contribution in [0.25, 0.3) is 0 Å². The van der Waals surface area contributed by atoms with Gasteiger partial charge in [-0.1, -0.05) is 60.7 Å². The van der Waals surface area contributed by atoms with E-state index in [2.05, 4.69) is 46.6 Å². The van der Waals surface area contributed by atoms with Crippen molar-refractivity contribution in [1.82, 2.24) is 15.1 Å². The van der Waals surface area contributed by atoms with E-state index in [9.17, 15) is 9.59 Å². The van der Waals surface area contributed by atoms with Gasteiger partial charge in [0.2, 0.25) is 11.8 Å². The normalized spacial score (nSPS) is 14.8. The van der Waals surface area contributed by atoms with Crippen molar-refractivity contribution in [2.75, 3.05) is 26.2 Å². The Bertz CT molecular complexity index is 771. The Kier molecular flexibility index (Phi) is 7.82. The molecule has 0 aliphatic carbocycles. The van der Waals surface area contributed by atoms with Gasteiger partial charge >= 0.3 is 0 Å². The Morgan fingerprint density at radius 2 is 1.55 bits per heavy atom. The lowest BCUT2D eigenvalue weighted by Gasteiger charge is -2.32. The van der Waals surface area contributed by atoms with Crippen LogP contribution in [0.15, 0.2) is 60.7 Å². The Balaban J connectivity index is 1.53. The van der Waals surface area contributed by atoms with Crippen LogP contribution in [-0.4, -0.2) is 53.8 Å². The topological polar surface area (TPSA) is 52.7 Å². The summed E-state index contributed by atoms with van der Waals surface area (Å²) in [4.78, 5) is 28.2. The van der Waals surface area contributed by atoms with E-state index in [0.29, 0.717) is 6.54 Å². The van der Waals surface area contributed by atoms with Crippen molar-refractivity contribution in [2.24, 2.45) is 0 Å². The molecule has 0 bridgehead atoms. The number of hydrogen-bond donors (Lipinski definition) is 1. The maximum Gasteiger partial charge on any atom is 0.234 e. The average Bonchev–Trinajstić information content (AvgIpc) is 2.74. The molecule has 1 heterocycles. The minimum absolute atomic E-state index is 0.0651. The van der Waals surface area contributed by atoms with Gasteiger partial charge < -0.3 is 10.2 Å². The van der Waals surface area contributed by atoms with Crippen LogP contribution < -0.4 is 5.32 Å². The van der Waals surface area contributed by atoms with Gasteiger partial charge in [-0.25, -0.2) is 0 Å². The Morgan fingerprint density at radius 3 is 2.14 bits per heavy atom. The number of hydrogen-bond acceptors (Lipinski definition) is 3. The summed E-state index contributed by atoms with van der Waals surface area (Å²) in [7, 11) is 0. The molecule has 1 aliphatic rings. The third kappa shape index (κ3) is 7.02. The molecule has 0 saturated carbocycles. The summed E-state index contributed by atoms with van der Waals surface area (Å²) in [6, 6.07) is 20.8. The van der Waals surface area contributed by atoms with Crippen LogP contribution in [0, 0.1) is 0 Å². The fraction of sp³-hybridized carbons (Fsp3) is 0.417. The highest BCUT2D eigenvalue weighted by molar-refractivity contribution is 5.78. The van der Waals surface area contributed by atoms with Crippen molar-refractivity contribution in [3.63, 3.8) is 0 Å². The molecule has 5 nitrogen and oxygen atoms in total. The van der Waals surface area contributed by atoms with E-state index in [1.165, 1.54) is 11.1 Å². The molecule has 2 amide bonds. The molecule has 0 aromatic heterocycles. The van der Waals surface area contributed by atoms with E-state index in [4.69, 9.17) is 0 Å². The van der Waals surface area contributed by atoms with Gasteiger partial charge in [-0.05, 0) is 30.4 Å². The number of amides is 2. The molecule has 1 N–H and O–H groups in total. The first-order valence-corrected chi connectivity index (χ1v) is 10.5. The molecule has 29 heavy (non-hydrogen) atoms. The monoisotopic (exact) mass is 393 g/mol. The lowest BCUT2D eigenvalue weighted by molar-refractivity contribution is -0.130. The lowest BCUT2D eigenvalue weighted by Crippen LogP contribution is -2.48. The summed E-state index contributed by atoms with van der Waals surface area (Å²) in [5, 5.41) is 3.17. The summed E-state index contributed by atoms with van der Waals surface area (Å²) in [5.74, 6) is 0.181. The van der Waals surface area contributed by atoms with Crippen molar-refractivity contribution < 1.29 is 9.59 Å². The highest BCUT2D eigenvalue weighted by atomic mass is 16.2. The van der Waals surface area contributed by atoms with E-state index < -0.39 is 0 Å². The summed E-state index contributed by atoms with van der Waals surface area (Å²) < 4.78 is 0. The van der Waals surface area contributed by atoms with Gasteiger partial charge in [0.25, 0.3) is 0 Å².